The van der Waals surface area contributed by atoms with Crippen LogP contribution in [0, 0.1) is 5.92 Å². The molecule has 5 nitrogen and oxygen atoms in total. The lowest BCUT2D eigenvalue weighted by Crippen LogP contribution is -2.40. The zero-order valence-corrected chi connectivity index (χ0v) is 12.3. The second-order valence-electron chi connectivity index (χ2n) is 5.48. The van der Waals surface area contributed by atoms with Gasteiger partial charge in [-0.05, 0) is 18.5 Å². The summed E-state index contributed by atoms with van der Waals surface area (Å²) < 4.78 is 0. The minimum atomic E-state index is -0.0633. The number of benzene rings is 1. The first kappa shape index (κ1) is 15.9. The molecule has 1 atom stereocenters. The molecule has 1 heterocycles. The van der Waals surface area contributed by atoms with E-state index in [0.29, 0.717) is 13.1 Å². The third-order valence-corrected chi connectivity index (χ3v) is 3.92. The number of amides is 1. The number of rotatable bonds is 7. The average Bonchev–Trinajstić information content (AvgIpc) is 2.96. The highest BCUT2D eigenvalue weighted by Gasteiger charge is 2.30. The molecule has 0 radical (unpaired) electrons. The van der Waals surface area contributed by atoms with Gasteiger partial charge in [0.2, 0.25) is 5.91 Å². The molecule has 116 valence electrons. The van der Waals surface area contributed by atoms with Crippen molar-refractivity contribution in [3.63, 3.8) is 0 Å². The molecule has 0 saturated carbocycles. The Labute approximate surface area is 125 Å². The van der Waals surface area contributed by atoms with Crippen LogP contribution in [0.3, 0.4) is 0 Å². The molecule has 1 aliphatic rings. The first-order valence-corrected chi connectivity index (χ1v) is 7.51. The highest BCUT2D eigenvalue weighted by molar-refractivity contribution is 5.79. The second-order valence-corrected chi connectivity index (χ2v) is 5.48. The summed E-state index contributed by atoms with van der Waals surface area (Å²) in [6.45, 7) is 3.00. The summed E-state index contributed by atoms with van der Waals surface area (Å²) in [7, 11) is 0. The topological polar surface area (TPSA) is 64.0 Å². The van der Waals surface area contributed by atoms with E-state index in [9.17, 15) is 4.79 Å². The Kier molecular flexibility index (Phi) is 6.17. The number of carbonyl (C=O) groups excluding carboxylic acids is 1. The zero-order valence-electron chi connectivity index (χ0n) is 12.3. The molecular weight excluding hydrogens is 268 g/mol. The van der Waals surface area contributed by atoms with Crippen LogP contribution in [0.15, 0.2) is 30.3 Å². The van der Waals surface area contributed by atoms with Crippen molar-refractivity contribution in [2.75, 3.05) is 39.4 Å². The SMILES string of the molecule is O=C(C1CCN(Cc2ccccc2)C1)N(CCO)CCO. The van der Waals surface area contributed by atoms with Gasteiger partial charge in [0, 0.05) is 26.2 Å². The van der Waals surface area contributed by atoms with Crippen molar-refractivity contribution in [3.05, 3.63) is 35.9 Å². The van der Waals surface area contributed by atoms with E-state index in [0.717, 1.165) is 26.1 Å². The molecule has 1 unspecified atom stereocenters. The van der Waals surface area contributed by atoms with Gasteiger partial charge in [-0.1, -0.05) is 30.3 Å². The summed E-state index contributed by atoms with van der Waals surface area (Å²) in [5, 5.41) is 18.0. The maximum atomic E-state index is 12.4. The van der Waals surface area contributed by atoms with Gasteiger partial charge in [-0.25, -0.2) is 0 Å². The molecular formula is C16H24N2O3. The van der Waals surface area contributed by atoms with Gasteiger partial charge in [0.15, 0.2) is 0 Å². The van der Waals surface area contributed by atoms with Crippen molar-refractivity contribution >= 4 is 5.91 Å². The number of likely N-dealkylation sites (tertiary alicyclic amines) is 1. The van der Waals surface area contributed by atoms with E-state index in [1.165, 1.54) is 5.56 Å². The highest BCUT2D eigenvalue weighted by Crippen LogP contribution is 2.20. The van der Waals surface area contributed by atoms with Gasteiger partial charge >= 0.3 is 0 Å². The normalized spacial score (nSPS) is 18.9. The molecule has 2 N–H and O–H groups in total. The molecule has 0 bridgehead atoms. The predicted molar refractivity (Wildman–Crippen MR) is 80.6 cm³/mol. The van der Waals surface area contributed by atoms with E-state index in [-0.39, 0.29) is 25.0 Å². The summed E-state index contributed by atoms with van der Waals surface area (Å²) in [5.74, 6) is 0.0282. The van der Waals surface area contributed by atoms with Crippen molar-refractivity contribution in [2.24, 2.45) is 5.92 Å². The fourth-order valence-corrected chi connectivity index (χ4v) is 2.85. The monoisotopic (exact) mass is 292 g/mol. The van der Waals surface area contributed by atoms with Gasteiger partial charge in [0.05, 0.1) is 19.1 Å². The lowest BCUT2D eigenvalue weighted by Gasteiger charge is -2.24. The standard InChI is InChI=1S/C16H24N2O3/c19-10-8-18(9-11-20)16(21)15-6-7-17(13-15)12-14-4-2-1-3-5-14/h1-5,15,19-20H,6-13H2. The van der Waals surface area contributed by atoms with Gasteiger partial charge in [0.25, 0.3) is 0 Å². The quantitative estimate of drug-likeness (QED) is 0.760. The Balaban J connectivity index is 1.87. The third kappa shape index (κ3) is 4.52. The Morgan fingerprint density at radius 1 is 1.19 bits per heavy atom. The number of aliphatic hydroxyl groups is 2. The third-order valence-electron chi connectivity index (χ3n) is 3.92. The van der Waals surface area contributed by atoms with Gasteiger partial charge in [-0.3, -0.25) is 9.69 Å². The molecule has 21 heavy (non-hydrogen) atoms. The van der Waals surface area contributed by atoms with E-state index in [1.54, 1.807) is 4.90 Å². The molecule has 1 aromatic carbocycles. The maximum Gasteiger partial charge on any atom is 0.227 e. The molecule has 0 aromatic heterocycles. The smallest absolute Gasteiger partial charge is 0.227 e. The number of nitrogens with zero attached hydrogens (tertiary/aromatic N) is 2. The second kappa shape index (κ2) is 8.12. The molecule has 0 spiro atoms. The van der Waals surface area contributed by atoms with Crippen LogP contribution < -0.4 is 0 Å². The molecule has 1 amide bonds. The molecule has 1 aliphatic heterocycles. The number of hydrogen-bond donors (Lipinski definition) is 2. The molecule has 0 aliphatic carbocycles. The highest BCUT2D eigenvalue weighted by atomic mass is 16.3. The summed E-state index contributed by atoms with van der Waals surface area (Å²) in [6.07, 6.45) is 0.846. The van der Waals surface area contributed by atoms with Crippen LogP contribution in [0.2, 0.25) is 0 Å². The Morgan fingerprint density at radius 3 is 2.48 bits per heavy atom. The van der Waals surface area contributed by atoms with Gasteiger partial charge < -0.3 is 15.1 Å². The van der Waals surface area contributed by atoms with Crippen molar-refractivity contribution in [2.45, 2.75) is 13.0 Å². The van der Waals surface area contributed by atoms with Crippen LogP contribution in [-0.4, -0.2) is 65.3 Å². The first-order valence-electron chi connectivity index (χ1n) is 7.51. The minimum Gasteiger partial charge on any atom is -0.395 e. The Hall–Kier alpha value is -1.43. The fourth-order valence-electron chi connectivity index (χ4n) is 2.85. The van der Waals surface area contributed by atoms with E-state index >= 15 is 0 Å². The molecule has 2 rings (SSSR count). The van der Waals surface area contributed by atoms with Crippen molar-refractivity contribution < 1.29 is 15.0 Å². The molecule has 1 fully saturated rings. The van der Waals surface area contributed by atoms with Crippen LogP contribution in [0.25, 0.3) is 0 Å². The predicted octanol–water partition coefficient (Wildman–Crippen LogP) is 0.322. The zero-order chi connectivity index (χ0) is 15.1. The van der Waals surface area contributed by atoms with Crippen molar-refractivity contribution in [1.82, 2.24) is 9.80 Å². The lowest BCUT2D eigenvalue weighted by molar-refractivity contribution is -0.136. The summed E-state index contributed by atoms with van der Waals surface area (Å²) in [4.78, 5) is 16.3. The number of hydrogen-bond acceptors (Lipinski definition) is 4. The summed E-state index contributed by atoms with van der Waals surface area (Å²) in [6, 6.07) is 10.2. The lowest BCUT2D eigenvalue weighted by atomic mass is 10.1. The number of aliphatic hydroxyl groups excluding tert-OH is 2. The van der Waals surface area contributed by atoms with Crippen LogP contribution in [0.5, 0.6) is 0 Å². The Morgan fingerprint density at radius 2 is 1.86 bits per heavy atom. The van der Waals surface area contributed by atoms with Gasteiger partial charge in [-0.2, -0.15) is 0 Å². The van der Waals surface area contributed by atoms with Gasteiger partial charge in [-0.15, -0.1) is 0 Å². The molecule has 5 heteroatoms. The number of carbonyl (C=O) groups is 1. The average molecular weight is 292 g/mol. The summed E-state index contributed by atoms with van der Waals surface area (Å²) in [5.41, 5.74) is 1.26. The Bertz CT molecular complexity index is 432. The maximum absolute atomic E-state index is 12.4. The van der Waals surface area contributed by atoms with E-state index in [2.05, 4.69) is 17.0 Å². The van der Waals surface area contributed by atoms with Crippen LogP contribution in [0.4, 0.5) is 0 Å². The minimum absolute atomic E-state index is 0.0215. The molecule has 1 saturated heterocycles. The van der Waals surface area contributed by atoms with Crippen LogP contribution in [0.1, 0.15) is 12.0 Å². The van der Waals surface area contributed by atoms with Crippen molar-refractivity contribution in [1.29, 1.82) is 0 Å². The van der Waals surface area contributed by atoms with Crippen LogP contribution >= 0.6 is 0 Å². The van der Waals surface area contributed by atoms with Crippen molar-refractivity contribution in [3.8, 4) is 0 Å². The van der Waals surface area contributed by atoms with E-state index in [1.807, 2.05) is 18.2 Å². The van der Waals surface area contributed by atoms with Gasteiger partial charge in [0.1, 0.15) is 0 Å². The first-order chi connectivity index (χ1) is 10.2. The van der Waals surface area contributed by atoms with E-state index < -0.39 is 0 Å². The van der Waals surface area contributed by atoms with E-state index in [4.69, 9.17) is 10.2 Å². The molecule has 1 aromatic rings. The largest absolute Gasteiger partial charge is 0.395 e. The fraction of sp³-hybridized carbons (Fsp3) is 0.562. The van der Waals surface area contributed by atoms with Crippen LogP contribution in [-0.2, 0) is 11.3 Å². The summed E-state index contributed by atoms with van der Waals surface area (Å²) >= 11 is 0.